The summed E-state index contributed by atoms with van der Waals surface area (Å²) in [6, 6.07) is 8.42. The van der Waals surface area contributed by atoms with Gasteiger partial charge in [0, 0.05) is 36.4 Å². The van der Waals surface area contributed by atoms with Crippen LogP contribution in [0.15, 0.2) is 65.1 Å². The Morgan fingerprint density at radius 1 is 1.15 bits per heavy atom. The van der Waals surface area contributed by atoms with Crippen LogP contribution in [0.25, 0.3) is 5.57 Å². The molecule has 2 aliphatic heterocycles. The minimum atomic E-state index is 0.129. The quantitative estimate of drug-likeness (QED) is 0.838. The molecule has 0 amide bonds. The van der Waals surface area contributed by atoms with E-state index in [1.165, 1.54) is 11.1 Å². The third-order valence-electron chi connectivity index (χ3n) is 4.59. The van der Waals surface area contributed by atoms with E-state index in [1.807, 2.05) is 37.1 Å². The Kier molecular flexibility index (Phi) is 6.01. The molecule has 5 heteroatoms. The average molecular weight is 361 g/mol. The van der Waals surface area contributed by atoms with Crippen LogP contribution in [-0.2, 0) is 13.0 Å². The van der Waals surface area contributed by atoms with E-state index in [0.29, 0.717) is 0 Å². The fourth-order valence-electron chi connectivity index (χ4n) is 3.16. The number of amidine groups is 1. The van der Waals surface area contributed by atoms with Crippen molar-refractivity contribution in [3.05, 3.63) is 66.3 Å². The minimum absolute atomic E-state index is 0.129. The molecule has 1 unspecified atom stereocenters. The average Bonchev–Trinajstić information content (AvgIpc) is 3.37. The van der Waals surface area contributed by atoms with E-state index in [0.717, 1.165) is 35.8 Å². The summed E-state index contributed by atoms with van der Waals surface area (Å²) in [5.41, 5.74) is 5.59. The number of hydrogen-bond donors (Lipinski definition) is 1. The molecule has 0 radical (unpaired) electrons. The molecule has 1 atom stereocenters. The molecule has 4 rings (SSSR count). The molecule has 0 fully saturated rings. The second kappa shape index (κ2) is 8.62. The number of hydrogen-bond acceptors (Lipinski definition) is 4. The monoisotopic (exact) mass is 361 g/mol. The topological polar surface area (TPSA) is 54.6 Å². The zero-order chi connectivity index (χ0) is 19.2. The van der Waals surface area contributed by atoms with Crippen molar-refractivity contribution in [1.29, 1.82) is 0 Å². The van der Waals surface area contributed by atoms with Crippen molar-refractivity contribution >= 4 is 22.8 Å². The maximum Gasteiger partial charge on any atom is 0.153 e. The number of allylic oxidation sites excluding steroid dienone is 2. The van der Waals surface area contributed by atoms with Crippen molar-refractivity contribution < 1.29 is 0 Å². The third-order valence-corrected chi connectivity index (χ3v) is 4.59. The van der Waals surface area contributed by atoms with E-state index in [2.05, 4.69) is 70.8 Å². The van der Waals surface area contributed by atoms with E-state index in [1.54, 1.807) is 0 Å². The van der Waals surface area contributed by atoms with Gasteiger partial charge in [0.1, 0.15) is 0 Å². The van der Waals surface area contributed by atoms with Gasteiger partial charge >= 0.3 is 0 Å². The molecule has 5 nitrogen and oxygen atoms in total. The van der Waals surface area contributed by atoms with Crippen molar-refractivity contribution in [2.45, 2.75) is 40.7 Å². The van der Waals surface area contributed by atoms with Gasteiger partial charge in [-0.1, -0.05) is 39.0 Å². The fraction of sp³-hybridized carbons (Fsp3) is 0.318. The van der Waals surface area contributed by atoms with E-state index in [9.17, 15) is 0 Å². The van der Waals surface area contributed by atoms with E-state index >= 15 is 0 Å². The van der Waals surface area contributed by atoms with Gasteiger partial charge in [0.25, 0.3) is 0 Å². The number of aromatic nitrogens is 2. The summed E-state index contributed by atoms with van der Waals surface area (Å²) >= 11 is 0. The molecule has 2 aliphatic rings. The number of fused-ring (bicyclic) bond motifs is 1. The highest BCUT2D eigenvalue weighted by atomic mass is 15.3. The minimum Gasteiger partial charge on any atom is -0.339 e. The normalized spacial score (nSPS) is 17.3. The van der Waals surface area contributed by atoms with Crippen LogP contribution < -0.4 is 5.32 Å². The first-order valence-electron chi connectivity index (χ1n) is 9.70. The first-order chi connectivity index (χ1) is 13.3. The Labute approximate surface area is 161 Å². The summed E-state index contributed by atoms with van der Waals surface area (Å²) < 4.78 is 1.93. The Hall–Kier alpha value is -2.95. The van der Waals surface area contributed by atoms with Crippen molar-refractivity contribution in [3.8, 4) is 0 Å². The molecule has 1 N–H and O–H groups in total. The van der Waals surface area contributed by atoms with E-state index in [4.69, 9.17) is 0 Å². The summed E-state index contributed by atoms with van der Waals surface area (Å²) in [5, 5.41) is 7.81. The van der Waals surface area contributed by atoms with Gasteiger partial charge in [-0.05, 0) is 36.6 Å². The van der Waals surface area contributed by atoms with E-state index in [-0.39, 0.29) is 5.92 Å². The second-order valence-corrected chi connectivity index (χ2v) is 6.16. The number of anilines is 1. The third kappa shape index (κ3) is 3.92. The van der Waals surface area contributed by atoms with Gasteiger partial charge in [-0.3, -0.25) is 9.67 Å². The first kappa shape index (κ1) is 18.8. The number of aryl methyl sites for hydroxylation is 2. The highest BCUT2D eigenvalue weighted by molar-refractivity contribution is 6.49. The zero-order valence-corrected chi connectivity index (χ0v) is 16.5. The van der Waals surface area contributed by atoms with Crippen LogP contribution >= 0.6 is 0 Å². The lowest BCUT2D eigenvalue weighted by atomic mass is 9.91. The predicted molar refractivity (Wildman–Crippen MR) is 114 cm³/mol. The van der Waals surface area contributed by atoms with Crippen LogP contribution in [0.5, 0.6) is 0 Å². The summed E-state index contributed by atoms with van der Waals surface area (Å²) in [4.78, 5) is 9.16. The van der Waals surface area contributed by atoms with Crippen LogP contribution in [0, 0.1) is 5.92 Å². The van der Waals surface area contributed by atoms with Crippen LogP contribution in [0.1, 0.15) is 38.8 Å². The largest absolute Gasteiger partial charge is 0.339 e. The Morgan fingerprint density at radius 2 is 2.00 bits per heavy atom. The SMILES string of the molecule is CC.CCc1cccc(NC2=NC=CC3C(c4cnn(CC)c4)=CN=C23)c1. The van der Waals surface area contributed by atoms with Gasteiger partial charge in [0.05, 0.1) is 17.8 Å². The summed E-state index contributed by atoms with van der Waals surface area (Å²) in [6.07, 6.45) is 10.9. The number of aliphatic imine (C=N–C) groups is 2. The number of nitrogens with one attached hydrogen (secondary N) is 1. The molecule has 0 spiro atoms. The number of nitrogens with zero attached hydrogens (tertiary/aromatic N) is 4. The molecular weight excluding hydrogens is 334 g/mol. The van der Waals surface area contributed by atoms with Crippen LogP contribution in [-0.4, -0.2) is 21.3 Å². The van der Waals surface area contributed by atoms with Crippen molar-refractivity contribution in [2.75, 3.05) is 5.32 Å². The molecule has 140 valence electrons. The highest BCUT2D eigenvalue weighted by Crippen LogP contribution is 2.33. The van der Waals surface area contributed by atoms with Gasteiger partial charge in [-0.15, -0.1) is 0 Å². The number of rotatable bonds is 4. The molecular formula is C22H27N5. The van der Waals surface area contributed by atoms with Gasteiger partial charge in [0.15, 0.2) is 5.84 Å². The van der Waals surface area contributed by atoms with Crippen molar-refractivity contribution in [1.82, 2.24) is 9.78 Å². The van der Waals surface area contributed by atoms with Crippen molar-refractivity contribution in [3.63, 3.8) is 0 Å². The molecule has 27 heavy (non-hydrogen) atoms. The lowest BCUT2D eigenvalue weighted by Gasteiger charge is -2.19. The molecule has 1 aromatic carbocycles. The first-order valence-corrected chi connectivity index (χ1v) is 9.70. The molecule has 1 aromatic heterocycles. The Balaban J connectivity index is 0.00000102. The Bertz CT molecular complexity index is 914. The maximum atomic E-state index is 4.64. The standard InChI is InChI=1S/C20H21N5.C2H6/c1-3-14-6-5-7-16(10-14)24-20-19-17(8-9-21-20)18(12-22-19)15-11-23-25(4-2)13-15;1-2/h5-13,17H,3-4H2,1-2H3,(H,21,24);1-2H3. The molecule has 2 aromatic rings. The maximum absolute atomic E-state index is 4.64. The predicted octanol–water partition coefficient (Wildman–Crippen LogP) is 4.94. The van der Waals surface area contributed by atoms with Crippen LogP contribution in [0.4, 0.5) is 5.69 Å². The summed E-state index contributed by atoms with van der Waals surface area (Å²) in [7, 11) is 0. The van der Waals surface area contributed by atoms with Crippen LogP contribution in [0.2, 0.25) is 0 Å². The summed E-state index contributed by atoms with van der Waals surface area (Å²) in [6.45, 7) is 9.11. The van der Waals surface area contributed by atoms with Gasteiger partial charge < -0.3 is 5.32 Å². The van der Waals surface area contributed by atoms with Gasteiger partial charge in [0.2, 0.25) is 0 Å². The highest BCUT2D eigenvalue weighted by Gasteiger charge is 2.30. The van der Waals surface area contributed by atoms with Crippen LogP contribution in [0.3, 0.4) is 0 Å². The van der Waals surface area contributed by atoms with Crippen molar-refractivity contribution in [2.24, 2.45) is 15.9 Å². The molecule has 0 saturated heterocycles. The second-order valence-electron chi connectivity index (χ2n) is 6.16. The van der Waals surface area contributed by atoms with Gasteiger partial charge in [-0.2, -0.15) is 5.10 Å². The fourth-order valence-corrected chi connectivity index (χ4v) is 3.16. The summed E-state index contributed by atoms with van der Waals surface area (Å²) in [5.74, 6) is 0.943. The molecule has 0 saturated carbocycles. The smallest absolute Gasteiger partial charge is 0.153 e. The lowest BCUT2D eigenvalue weighted by Crippen LogP contribution is -2.29. The molecule has 3 heterocycles. The lowest BCUT2D eigenvalue weighted by molar-refractivity contribution is 0.659. The van der Waals surface area contributed by atoms with E-state index < -0.39 is 0 Å². The Morgan fingerprint density at radius 3 is 2.74 bits per heavy atom. The molecule has 0 aliphatic carbocycles. The number of benzene rings is 1. The zero-order valence-electron chi connectivity index (χ0n) is 16.5. The molecule has 0 bridgehead atoms. The van der Waals surface area contributed by atoms with Gasteiger partial charge in [-0.25, -0.2) is 4.99 Å².